The van der Waals surface area contributed by atoms with Gasteiger partial charge >= 0.3 is 0 Å². The summed E-state index contributed by atoms with van der Waals surface area (Å²) in [6.07, 6.45) is 0. The van der Waals surface area contributed by atoms with E-state index in [4.69, 9.17) is 5.73 Å². The van der Waals surface area contributed by atoms with Gasteiger partial charge in [-0.15, -0.1) is 12.4 Å². The minimum absolute atomic E-state index is 0. The van der Waals surface area contributed by atoms with Crippen molar-refractivity contribution in [2.45, 2.75) is 25.8 Å². The number of carbonyl (C=O) groups is 1. The first kappa shape index (κ1) is 19.7. The van der Waals surface area contributed by atoms with E-state index < -0.39 is 0 Å². The summed E-state index contributed by atoms with van der Waals surface area (Å²) < 4.78 is 1.05. The molecular formula is C18H22BrClN2O. The average Bonchev–Trinajstić information content (AvgIpc) is 2.53. The predicted molar refractivity (Wildman–Crippen MR) is 101 cm³/mol. The van der Waals surface area contributed by atoms with Crippen LogP contribution in [0, 0.1) is 0 Å². The summed E-state index contributed by atoms with van der Waals surface area (Å²) in [7, 11) is 0. The standard InChI is InChI=1S/C18H21BrN2O.ClH/c1-18(2,15-7-9-16(19)10-8-15)12-21-17(22)14-5-3-13(11-20)4-6-14;/h3-10H,11-12,20H2,1-2H3,(H,21,22);1H. The SMILES string of the molecule is CC(C)(CNC(=O)c1ccc(CN)cc1)c1ccc(Br)cc1.Cl. The van der Waals surface area contributed by atoms with Crippen LogP contribution in [0.25, 0.3) is 0 Å². The number of halogens is 2. The van der Waals surface area contributed by atoms with Crippen molar-refractivity contribution in [3.63, 3.8) is 0 Å². The molecule has 5 heteroatoms. The summed E-state index contributed by atoms with van der Waals surface area (Å²) in [5.41, 5.74) is 8.30. The van der Waals surface area contributed by atoms with E-state index >= 15 is 0 Å². The largest absolute Gasteiger partial charge is 0.351 e. The number of hydrogen-bond acceptors (Lipinski definition) is 2. The maximum absolute atomic E-state index is 12.2. The molecule has 2 rings (SSSR count). The van der Waals surface area contributed by atoms with Gasteiger partial charge in [0.15, 0.2) is 0 Å². The third kappa shape index (κ3) is 5.34. The lowest BCUT2D eigenvalue weighted by atomic mass is 9.84. The van der Waals surface area contributed by atoms with Gasteiger partial charge in [-0.05, 0) is 35.4 Å². The van der Waals surface area contributed by atoms with E-state index in [0.717, 1.165) is 10.0 Å². The summed E-state index contributed by atoms with van der Waals surface area (Å²) >= 11 is 3.44. The van der Waals surface area contributed by atoms with Crippen molar-refractivity contribution in [2.24, 2.45) is 5.73 Å². The normalized spacial score (nSPS) is 10.8. The van der Waals surface area contributed by atoms with Gasteiger partial charge in [0.05, 0.1) is 0 Å². The molecule has 0 heterocycles. The summed E-state index contributed by atoms with van der Waals surface area (Å²) in [5.74, 6) is -0.0613. The van der Waals surface area contributed by atoms with Crippen LogP contribution in [0.3, 0.4) is 0 Å². The fourth-order valence-electron chi connectivity index (χ4n) is 2.20. The van der Waals surface area contributed by atoms with E-state index in [2.05, 4.69) is 47.2 Å². The number of benzene rings is 2. The van der Waals surface area contributed by atoms with Crippen LogP contribution < -0.4 is 11.1 Å². The van der Waals surface area contributed by atoms with E-state index in [9.17, 15) is 4.79 Å². The first-order chi connectivity index (χ1) is 10.4. The van der Waals surface area contributed by atoms with Crippen molar-refractivity contribution in [2.75, 3.05) is 6.54 Å². The Bertz CT molecular complexity index is 639. The first-order valence-electron chi connectivity index (χ1n) is 7.25. The van der Waals surface area contributed by atoms with Crippen molar-refractivity contribution in [3.8, 4) is 0 Å². The van der Waals surface area contributed by atoms with Gasteiger partial charge in [0.25, 0.3) is 5.91 Å². The van der Waals surface area contributed by atoms with Crippen LogP contribution in [0.15, 0.2) is 53.0 Å². The Morgan fingerprint density at radius 2 is 1.65 bits per heavy atom. The molecule has 2 aromatic rings. The zero-order valence-corrected chi connectivity index (χ0v) is 15.7. The molecule has 0 aliphatic rings. The number of amides is 1. The molecule has 0 saturated heterocycles. The Balaban J connectivity index is 0.00000264. The van der Waals surface area contributed by atoms with Crippen molar-refractivity contribution < 1.29 is 4.79 Å². The Morgan fingerprint density at radius 1 is 1.09 bits per heavy atom. The maximum atomic E-state index is 12.2. The number of nitrogens with one attached hydrogen (secondary N) is 1. The van der Waals surface area contributed by atoms with Crippen molar-refractivity contribution in [1.82, 2.24) is 5.32 Å². The summed E-state index contributed by atoms with van der Waals surface area (Å²) in [6.45, 7) is 5.30. The molecule has 23 heavy (non-hydrogen) atoms. The van der Waals surface area contributed by atoms with Crippen molar-refractivity contribution in [3.05, 3.63) is 69.7 Å². The maximum Gasteiger partial charge on any atom is 0.251 e. The molecule has 124 valence electrons. The van der Waals surface area contributed by atoms with Gasteiger partial charge < -0.3 is 11.1 Å². The monoisotopic (exact) mass is 396 g/mol. The molecular weight excluding hydrogens is 376 g/mol. The van der Waals surface area contributed by atoms with Gasteiger partial charge in [-0.1, -0.05) is 54.0 Å². The molecule has 0 atom stereocenters. The zero-order chi connectivity index (χ0) is 16.2. The molecule has 0 unspecified atom stereocenters. The molecule has 1 amide bonds. The van der Waals surface area contributed by atoms with Gasteiger partial charge in [-0.2, -0.15) is 0 Å². The number of hydrogen-bond donors (Lipinski definition) is 2. The van der Waals surface area contributed by atoms with Gasteiger partial charge in [-0.25, -0.2) is 0 Å². The van der Waals surface area contributed by atoms with Crippen LogP contribution in [0.2, 0.25) is 0 Å². The highest BCUT2D eigenvalue weighted by Gasteiger charge is 2.21. The van der Waals surface area contributed by atoms with Gasteiger partial charge in [0.2, 0.25) is 0 Å². The second-order valence-electron chi connectivity index (χ2n) is 5.97. The van der Waals surface area contributed by atoms with E-state index in [1.54, 1.807) is 0 Å². The lowest BCUT2D eigenvalue weighted by Gasteiger charge is -2.25. The second-order valence-corrected chi connectivity index (χ2v) is 6.89. The average molecular weight is 398 g/mol. The molecule has 0 radical (unpaired) electrons. The minimum atomic E-state index is -0.131. The van der Waals surface area contributed by atoms with Gasteiger partial charge in [0, 0.05) is 28.5 Å². The second kappa shape index (κ2) is 8.48. The fourth-order valence-corrected chi connectivity index (χ4v) is 2.46. The molecule has 0 bridgehead atoms. The van der Waals surface area contributed by atoms with Crippen LogP contribution in [-0.2, 0) is 12.0 Å². The minimum Gasteiger partial charge on any atom is -0.351 e. The van der Waals surface area contributed by atoms with Crippen LogP contribution >= 0.6 is 28.3 Å². The van der Waals surface area contributed by atoms with E-state index in [0.29, 0.717) is 18.7 Å². The fraction of sp³-hybridized carbons (Fsp3) is 0.278. The van der Waals surface area contributed by atoms with Crippen LogP contribution in [0.4, 0.5) is 0 Å². The van der Waals surface area contributed by atoms with Crippen molar-refractivity contribution >= 4 is 34.2 Å². The van der Waals surface area contributed by atoms with Gasteiger partial charge in [-0.3, -0.25) is 4.79 Å². The Kier molecular flexibility index (Phi) is 7.26. The van der Waals surface area contributed by atoms with E-state index in [1.165, 1.54) is 5.56 Å². The van der Waals surface area contributed by atoms with E-state index in [-0.39, 0.29) is 23.7 Å². The molecule has 0 spiro atoms. The highest BCUT2D eigenvalue weighted by Crippen LogP contribution is 2.24. The summed E-state index contributed by atoms with van der Waals surface area (Å²) in [6, 6.07) is 15.6. The molecule has 0 saturated carbocycles. The molecule has 0 fully saturated rings. The highest BCUT2D eigenvalue weighted by atomic mass is 79.9. The zero-order valence-electron chi connectivity index (χ0n) is 13.3. The molecule has 0 aliphatic carbocycles. The first-order valence-corrected chi connectivity index (χ1v) is 8.05. The molecule has 3 N–H and O–H groups in total. The summed E-state index contributed by atoms with van der Waals surface area (Å²) in [4.78, 5) is 12.2. The Morgan fingerprint density at radius 3 is 2.17 bits per heavy atom. The topological polar surface area (TPSA) is 55.1 Å². The lowest BCUT2D eigenvalue weighted by molar-refractivity contribution is 0.0945. The van der Waals surface area contributed by atoms with Gasteiger partial charge in [0.1, 0.15) is 0 Å². The van der Waals surface area contributed by atoms with E-state index in [1.807, 2.05) is 36.4 Å². The third-order valence-corrected chi connectivity index (χ3v) is 4.30. The molecule has 0 aliphatic heterocycles. The third-order valence-electron chi connectivity index (χ3n) is 3.77. The number of nitrogens with two attached hydrogens (primary N) is 1. The highest BCUT2D eigenvalue weighted by molar-refractivity contribution is 9.10. The van der Waals surface area contributed by atoms with Crippen LogP contribution in [-0.4, -0.2) is 12.5 Å². The number of rotatable bonds is 5. The van der Waals surface area contributed by atoms with Crippen LogP contribution in [0.1, 0.15) is 35.3 Å². The van der Waals surface area contributed by atoms with Crippen molar-refractivity contribution in [1.29, 1.82) is 0 Å². The van der Waals surface area contributed by atoms with Crippen LogP contribution in [0.5, 0.6) is 0 Å². The molecule has 2 aromatic carbocycles. The molecule has 0 aromatic heterocycles. The Hall–Kier alpha value is -1.36. The summed E-state index contributed by atoms with van der Waals surface area (Å²) in [5, 5.41) is 3.01. The quantitative estimate of drug-likeness (QED) is 0.800. The smallest absolute Gasteiger partial charge is 0.251 e. The molecule has 3 nitrogen and oxygen atoms in total. The number of carbonyl (C=O) groups excluding carboxylic acids is 1. The Labute approximate surface area is 152 Å². The lowest BCUT2D eigenvalue weighted by Crippen LogP contribution is -2.36. The predicted octanol–water partition coefficient (Wildman–Crippen LogP) is 4.04.